The predicted octanol–water partition coefficient (Wildman–Crippen LogP) is 1.85. The summed E-state index contributed by atoms with van der Waals surface area (Å²) in [7, 11) is 0. The topological polar surface area (TPSA) is 74.8 Å². The molecule has 3 rings (SSSR count). The highest BCUT2D eigenvalue weighted by atomic mass is 32.1. The van der Waals surface area contributed by atoms with Crippen LogP contribution in [0, 0.1) is 0 Å². The lowest BCUT2D eigenvalue weighted by Gasteiger charge is -2.39. The molecule has 0 bridgehead atoms. The quantitative estimate of drug-likeness (QED) is 0.918. The molecule has 2 aliphatic heterocycles. The lowest BCUT2D eigenvalue weighted by molar-refractivity contribution is 0.0795. The van der Waals surface area contributed by atoms with Crippen molar-refractivity contribution in [2.45, 2.75) is 38.6 Å². The van der Waals surface area contributed by atoms with E-state index in [4.69, 9.17) is 5.73 Å². The average Bonchev–Trinajstić information content (AvgIpc) is 3.04. The van der Waals surface area contributed by atoms with Gasteiger partial charge in [0.1, 0.15) is 10.7 Å². The molecule has 1 aromatic heterocycles. The van der Waals surface area contributed by atoms with Crippen LogP contribution in [0.4, 0.5) is 0 Å². The number of carbonyl (C=O) groups is 1. The maximum absolute atomic E-state index is 12.8. The van der Waals surface area contributed by atoms with Gasteiger partial charge in [-0.3, -0.25) is 14.7 Å². The maximum Gasteiger partial charge on any atom is 0.280 e. The van der Waals surface area contributed by atoms with Gasteiger partial charge in [0, 0.05) is 31.6 Å². The largest absolute Gasteiger partial charge is 0.342 e. The van der Waals surface area contributed by atoms with Gasteiger partial charge in [-0.15, -0.1) is 11.3 Å². The van der Waals surface area contributed by atoms with Crippen molar-refractivity contribution in [1.82, 2.24) is 14.8 Å². The molecule has 2 aliphatic rings. The standard InChI is InChI=1S/C15H23N5OS/c1-2-5-11(16)13-18-12(10-22-13)14(21)20-9-4-8-19-7-3-6-17-15(19)20/h10-11H,2-9,16H2,1H3. The molecule has 2 N–H and O–H groups in total. The van der Waals surface area contributed by atoms with Crippen LogP contribution >= 0.6 is 11.3 Å². The van der Waals surface area contributed by atoms with E-state index in [0.29, 0.717) is 5.69 Å². The Balaban J connectivity index is 1.77. The molecule has 1 unspecified atom stereocenters. The van der Waals surface area contributed by atoms with Crippen molar-refractivity contribution in [2.24, 2.45) is 10.7 Å². The first kappa shape index (κ1) is 15.4. The Hall–Kier alpha value is -1.47. The predicted molar refractivity (Wildman–Crippen MR) is 88.1 cm³/mol. The van der Waals surface area contributed by atoms with Gasteiger partial charge in [-0.2, -0.15) is 0 Å². The second kappa shape index (κ2) is 6.75. The normalized spacial score (nSPS) is 19.6. The molecule has 1 atom stereocenters. The Kier molecular flexibility index (Phi) is 4.73. The minimum absolute atomic E-state index is 0.0449. The first-order valence-corrected chi connectivity index (χ1v) is 8.91. The Morgan fingerprint density at radius 1 is 1.41 bits per heavy atom. The van der Waals surface area contributed by atoms with E-state index >= 15 is 0 Å². The number of guanidine groups is 1. The second-order valence-corrected chi connectivity index (χ2v) is 6.69. The molecule has 1 aromatic rings. The molecular formula is C15H23N5OS. The number of hydrogen-bond donors (Lipinski definition) is 1. The third-order valence-corrected chi connectivity index (χ3v) is 5.05. The minimum atomic E-state index is -0.0681. The Morgan fingerprint density at radius 3 is 3.05 bits per heavy atom. The molecule has 1 saturated heterocycles. The SMILES string of the molecule is CCCC(N)c1nc(C(=O)N2CCCN3CCCN=C32)cs1. The number of aliphatic imine (C=N–C) groups is 1. The van der Waals surface area contributed by atoms with E-state index in [-0.39, 0.29) is 11.9 Å². The van der Waals surface area contributed by atoms with Crippen LogP contribution < -0.4 is 5.73 Å². The third-order valence-electron chi connectivity index (χ3n) is 4.08. The van der Waals surface area contributed by atoms with Crippen molar-refractivity contribution in [3.05, 3.63) is 16.1 Å². The van der Waals surface area contributed by atoms with Gasteiger partial charge in [-0.05, 0) is 19.3 Å². The molecule has 0 saturated carbocycles. The Bertz CT molecular complexity index is 570. The summed E-state index contributed by atoms with van der Waals surface area (Å²) in [5.41, 5.74) is 6.60. The lowest BCUT2D eigenvalue weighted by Crippen LogP contribution is -2.54. The first-order valence-electron chi connectivity index (χ1n) is 8.03. The van der Waals surface area contributed by atoms with Crippen molar-refractivity contribution < 1.29 is 4.79 Å². The van der Waals surface area contributed by atoms with Gasteiger partial charge in [-0.1, -0.05) is 13.3 Å². The average molecular weight is 321 g/mol. The van der Waals surface area contributed by atoms with Crippen molar-refractivity contribution in [3.8, 4) is 0 Å². The molecule has 0 radical (unpaired) electrons. The van der Waals surface area contributed by atoms with E-state index in [1.54, 1.807) is 4.90 Å². The van der Waals surface area contributed by atoms with Gasteiger partial charge in [0.25, 0.3) is 5.91 Å². The number of amides is 1. The van der Waals surface area contributed by atoms with Crippen LogP contribution in [-0.2, 0) is 0 Å². The molecule has 120 valence electrons. The van der Waals surface area contributed by atoms with Crippen molar-refractivity contribution in [3.63, 3.8) is 0 Å². The van der Waals surface area contributed by atoms with Crippen LogP contribution in [0.5, 0.6) is 0 Å². The smallest absolute Gasteiger partial charge is 0.280 e. The summed E-state index contributed by atoms with van der Waals surface area (Å²) < 4.78 is 0. The zero-order chi connectivity index (χ0) is 15.5. The monoisotopic (exact) mass is 321 g/mol. The van der Waals surface area contributed by atoms with Crippen molar-refractivity contribution in [1.29, 1.82) is 0 Å². The highest BCUT2D eigenvalue weighted by Gasteiger charge is 2.31. The van der Waals surface area contributed by atoms with Crippen LogP contribution in [0.2, 0.25) is 0 Å². The van der Waals surface area contributed by atoms with E-state index in [0.717, 1.165) is 62.8 Å². The Morgan fingerprint density at radius 2 is 2.23 bits per heavy atom. The number of aromatic nitrogens is 1. The van der Waals surface area contributed by atoms with Gasteiger partial charge in [0.2, 0.25) is 5.96 Å². The molecule has 0 spiro atoms. The van der Waals surface area contributed by atoms with E-state index in [1.165, 1.54) is 11.3 Å². The first-order chi connectivity index (χ1) is 10.7. The van der Waals surface area contributed by atoms with E-state index in [1.807, 2.05) is 5.38 Å². The number of nitrogens with zero attached hydrogens (tertiary/aromatic N) is 4. The fourth-order valence-electron chi connectivity index (χ4n) is 2.95. The van der Waals surface area contributed by atoms with Gasteiger partial charge in [-0.25, -0.2) is 4.98 Å². The van der Waals surface area contributed by atoms with E-state index < -0.39 is 0 Å². The summed E-state index contributed by atoms with van der Waals surface area (Å²) in [6.07, 6.45) is 3.96. The van der Waals surface area contributed by atoms with E-state index in [9.17, 15) is 4.79 Å². The maximum atomic E-state index is 12.8. The van der Waals surface area contributed by atoms with Crippen LogP contribution in [0.25, 0.3) is 0 Å². The minimum Gasteiger partial charge on any atom is -0.342 e. The molecule has 3 heterocycles. The zero-order valence-corrected chi connectivity index (χ0v) is 13.8. The van der Waals surface area contributed by atoms with Gasteiger partial charge < -0.3 is 10.6 Å². The molecule has 7 heteroatoms. The van der Waals surface area contributed by atoms with Crippen molar-refractivity contribution >= 4 is 23.2 Å². The third kappa shape index (κ3) is 3.01. The summed E-state index contributed by atoms with van der Waals surface area (Å²) >= 11 is 1.48. The molecule has 0 aromatic carbocycles. The number of nitrogens with two attached hydrogens (primary N) is 1. The summed E-state index contributed by atoms with van der Waals surface area (Å²) in [4.78, 5) is 25.8. The molecular weight excluding hydrogens is 298 g/mol. The van der Waals surface area contributed by atoms with Crippen LogP contribution in [0.1, 0.15) is 54.1 Å². The zero-order valence-electron chi connectivity index (χ0n) is 13.0. The number of rotatable bonds is 4. The summed E-state index contributed by atoms with van der Waals surface area (Å²) in [6.45, 7) is 5.61. The van der Waals surface area contributed by atoms with Gasteiger partial charge in [0.05, 0.1) is 6.04 Å². The fourth-order valence-corrected chi connectivity index (χ4v) is 3.78. The number of fused-ring (bicyclic) bond motifs is 1. The van der Waals surface area contributed by atoms with Crippen LogP contribution in [0.3, 0.4) is 0 Å². The number of carbonyl (C=O) groups excluding carboxylic acids is 1. The second-order valence-electron chi connectivity index (χ2n) is 5.80. The summed E-state index contributed by atoms with van der Waals surface area (Å²) in [5.74, 6) is 0.784. The van der Waals surface area contributed by atoms with Crippen LogP contribution in [0.15, 0.2) is 10.4 Å². The number of thiazole rings is 1. The number of hydrogen-bond acceptors (Lipinski definition) is 6. The molecule has 1 fully saturated rings. The summed E-state index contributed by atoms with van der Waals surface area (Å²) in [6, 6.07) is -0.0681. The Labute approximate surface area is 135 Å². The molecule has 1 amide bonds. The molecule has 22 heavy (non-hydrogen) atoms. The van der Waals surface area contributed by atoms with Gasteiger partial charge in [0.15, 0.2) is 0 Å². The van der Waals surface area contributed by atoms with E-state index in [2.05, 4.69) is 21.8 Å². The summed E-state index contributed by atoms with van der Waals surface area (Å²) in [5, 5.41) is 2.68. The highest BCUT2D eigenvalue weighted by molar-refractivity contribution is 7.09. The van der Waals surface area contributed by atoms with Gasteiger partial charge >= 0.3 is 0 Å². The fraction of sp³-hybridized carbons (Fsp3) is 0.667. The molecule has 6 nitrogen and oxygen atoms in total. The molecule has 0 aliphatic carbocycles. The van der Waals surface area contributed by atoms with Crippen LogP contribution in [-0.4, -0.2) is 52.8 Å². The van der Waals surface area contributed by atoms with Crippen molar-refractivity contribution in [2.75, 3.05) is 26.2 Å². The highest BCUT2D eigenvalue weighted by Crippen LogP contribution is 2.22. The lowest BCUT2D eigenvalue weighted by atomic mass is 10.2.